The number of anilines is 1. The number of benzene rings is 2. The molecule has 0 radical (unpaired) electrons. The quantitative estimate of drug-likeness (QED) is 0.134. The Morgan fingerprint density at radius 3 is 2.52 bits per heavy atom. The highest BCUT2D eigenvalue weighted by Gasteiger charge is 2.39. The lowest BCUT2D eigenvalue weighted by Crippen LogP contribution is -2.55. The van der Waals surface area contributed by atoms with Crippen molar-refractivity contribution < 1.29 is 27.6 Å². The van der Waals surface area contributed by atoms with Crippen LogP contribution in [0.5, 0.6) is 0 Å². The van der Waals surface area contributed by atoms with Crippen LogP contribution in [0, 0.1) is 0 Å². The van der Waals surface area contributed by atoms with E-state index in [0.29, 0.717) is 23.9 Å². The molecular weight excluding hydrogens is 608 g/mol. The number of primary amides is 1. The molecule has 0 unspecified atom stereocenters. The fraction of sp³-hybridized carbons (Fsp3) is 0.393. The summed E-state index contributed by atoms with van der Waals surface area (Å²) in [5.41, 5.74) is 6.57. The van der Waals surface area contributed by atoms with Crippen molar-refractivity contribution in [2.75, 3.05) is 37.8 Å². The van der Waals surface area contributed by atoms with E-state index in [1.807, 2.05) is 31.1 Å². The van der Waals surface area contributed by atoms with Crippen LogP contribution in [0.15, 0.2) is 53.8 Å². The van der Waals surface area contributed by atoms with Crippen LogP contribution >= 0.6 is 12.6 Å². The zero-order valence-electron chi connectivity index (χ0n) is 24.3. The number of carbonyl (C=O) groups is 4. The second-order valence-corrected chi connectivity index (χ2v) is 12.6. The van der Waals surface area contributed by atoms with E-state index in [2.05, 4.69) is 38.0 Å². The first-order valence-corrected chi connectivity index (χ1v) is 16.0. The zero-order valence-corrected chi connectivity index (χ0v) is 26.0. The van der Waals surface area contributed by atoms with E-state index in [9.17, 15) is 27.6 Å². The molecule has 1 aromatic heterocycles. The summed E-state index contributed by atoms with van der Waals surface area (Å²) in [5, 5.41) is 6.09. The minimum Gasteiger partial charge on any atom is -0.377 e. The number of nitrogens with one attached hydrogen (secondary N) is 4. The van der Waals surface area contributed by atoms with Gasteiger partial charge in [0, 0.05) is 61.2 Å². The summed E-state index contributed by atoms with van der Waals surface area (Å²) in [6.07, 6.45) is 3.69. The minimum atomic E-state index is -4.23. The number of nitrogens with two attached hydrogens (primary N) is 1. The molecule has 14 nitrogen and oxygen atoms in total. The van der Waals surface area contributed by atoms with Crippen molar-refractivity contribution >= 4 is 62.7 Å². The number of fused-ring (bicyclic) bond motifs is 1. The van der Waals surface area contributed by atoms with E-state index in [4.69, 9.17) is 5.73 Å². The number of nitrogens with zero attached hydrogens (tertiary/aromatic N) is 3. The van der Waals surface area contributed by atoms with Gasteiger partial charge < -0.3 is 31.2 Å². The number of H-pyrrole nitrogens is 1. The number of aromatic nitrogens is 2. The van der Waals surface area contributed by atoms with Crippen LogP contribution in [0.4, 0.5) is 5.69 Å². The Bertz CT molecular complexity index is 1630. The molecule has 4 rings (SSSR count). The Morgan fingerprint density at radius 1 is 1.14 bits per heavy atom. The summed E-state index contributed by atoms with van der Waals surface area (Å²) in [7, 11) is -0.508. The van der Waals surface area contributed by atoms with Crippen LogP contribution in [0.3, 0.4) is 0 Å². The number of aromatic amines is 1. The summed E-state index contributed by atoms with van der Waals surface area (Å²) in [6, 6.07) is 7.12. The molecule has 0 saturated carbocycles. The zero-order chi connectivity index (χ0) is 32.0. The highest BCUT2D eigenvalue weighted by Crippen LogP contribution is 2.30. The molecule has 2 heterocycles. The second-order valence-electron chi connectivity index (χ2n) is 10.6. The normalized spacial score (nSPS) is 16.3. The van der Waals surface area contributed by atoms with Crippen LogP contribution in [-0.4, -0.2) is 98.0 Å². The van der Waals surface area contributed by atoms with Gasteiger partial charge in [0.25, 0.3) is 0 Å². The number of rotatable bonds is 13. The Morgan fingerprint density at radius 2 is 1.86 bits per heavy atom. The van der Waals surface area contributed by atoms with Crippen molar-refractivity contribution in [3.05, 3.63) is 54.6 Å². The first-order valence-electron chi connectivity index (χ1n) is 13.9. The topological polar surface area (TPSA) is 200 Å². The number of hydrogen-bond acceptors (Lipinski definition) is 9. The molecule has 0 bridgehead atoms. The maximum absolute atomic E-state index is 13.9. The average molecular weight is 645 g/mol. The molecule has 44 heavy (non-hydrogen) atoms. The maximum Gasteiger partial charge on any atom is 0.243 e. The van der Waals surface area contributed by atoms with Gasteiger partial charge in [-0.15, -0.1) is 0 Å². The number of amides is 4. The van der Waals surface area contributed by atoms with E-state index in [1.165, 1.54) is 23.5 Å². The Labute approximate surface area is 260 Å². The third-order valence-corrected chi connectivity index (χ3v) is 9.22. The van der Waals surface area contributed by atoms with Crippen LogP contribution in [0.25, 0.3) is 10.8 Å². The molecule has 1 aliphatic rings. The second kappa shape index (κ2) is 14.1. The van der Waals surface area contributed by atoms with Gasteiger partial charge in [-0.05, 0) is 25.0 Å². The molecule has 1 saturated heterocycles. The van der Waals surface area contributed by atoms with Crippen LogP contribution < -0.4 is 26.0 Å². The number of hydrogen-bond donors (Lipinski definition) is 6. The number of carbonyl (C=O) groups excluding carboxylic acids is 4. The Balaban J connectivity index is 1.56. The molecule has 2 aromatic carbocycles. The third kappa shape index (κ3) is 7.49. The minimum absolute atomic E-state index is 0.0108. The maximum atomic E-state index is 13.9. The molecule has 1 fully saturated rings. The van der Waals surface area contributed by atoms with Gasteiger partial charge in [0.2, 0.25) is 33.7 Å². The lowest BCUT2D eigenvalue weighted by molar-refractivity contribution is -0.140. The first-order chi connectivity index (χ1) is 20.9. The predicted molar refractivity (Wildman–Crippen MR) is 167 cm³/mol. The molecule has 6 N–H and O–H groups in total. The van der Waals surface area contributed by atoms with Crippen molar-refractivity contribution in [1.82, 2.24) is 30.2 Å². The smallest absolute Gasteiger partial charge is 0.243 e. The van der Waals surface area contributed by atoms with Crippen molar-refractivity contribution in [3.63, 3.8) is 0 Å². The molecule has 1 aliphatic heterocycles. The van der Waals surface area contributed by atoms with E-state index < -0.39 is 58.3 Å². The number of sulfonamides is 1. The fourth-order valence-electron chi connectivity index (χ4n) is 5.18. The van der Waals surface area contributed by atoms with Crippen molar-refractivity contribution in [1.29, 1.82) is 0 Å². The van der Waals surface area contributed by atoms with Gasteiger partial charge in [-0.1, -0.05) is 24.3 Å². The third-order valence-electron chi connectivity index (χ3n) is 7.33. The van der Waals surface area contributed by atoms with Gasteiger partial charge >= 0.3 is 0 Å². The largest absolute Gasteiger partial charge is 0.377 e. The van der Waals surface area contributed by atoms with Crippen molar-refractivity contribution in [3.8, 4) is 0 Å². The highest BCUT2D eigenvalue weighted by molar-refractivity contribution is 7.89. The van der Waals surface area contributed by atoms with Gasteiger partial charge in [-0.2, -0.15) is 17.4 Å². The first kappa shape index (κ1) is 32.8. The summed E-state index contributed by atoms with van der Waals surface area (Å²) >= 11 is 3.97. The highest BCUT2D eigenvalue weighted by atomic mass is 32.2. The van der Waals surface area contributed by atoms with Gasteiger partial charge in [-0.25, -0.2) is 13.4 Å². The van der Waals surface area contributed by atoms with E-state index in [0.717, 1.165) is 11.1 Å². The SMILES string of the molecule is CN(C)c1cccc2c(S(=O)(=O)N[C@@H](Cc3cnc[nH]3)C(=O)N3CCC[C@H]3C(=O)NCC(=O)N[C@@H](CS)C(N)=O)cccc12. The Hall–Kier alpha value is -4.15. The standard InChI is InChI=1S/C28H36N8O6S2/c1-35(2)22-8-3-7-19-18(22)6-4-10-24(19)44(41,42)34-20(12-17-13-30-16-32-17)28(40)36-11-5-9-23(36)27(39)31-14-25(37)33-21(15-43)26(29)38/h3-4,6-8,10,13,16,20-21,23,34,43H,5,9,11-12,14-15H2,1-2H3,(H2,29,38)(H,30,32)(H,31,39)(H,33,37)/t20-,21-,23-/m0/s1. The fourth-order valence-corrected chi connectivity index (χ4v) is 6.86. The summed E-state index contributed by atoms with van der Waals surface area (Å²) < 4.78 is 30.3. The van der Waals surface area contributed by atoms with Crippen LogP contribution in [0.2, 0.25) is 0 Å². The molecule has 0 aliphatic carbocycles. The Kier molecular flexibility index (Phi) is 10.5. The number of thiol groups is 1. The van der Waals surface area contributed by atoms with Crippen molar-refractivity contribution in [2.45, 2.75) is 42.3 Å². The molecule has 3 aromatic rings. The van der Waals surface area contributed by atoms with Crippen LogP contribution in [-0.2, 0) is 35.6 Å². The average Bonchev–Trinajstić information content (AvgIpc) is 3.69. The molecule has 3 atom stereocenters. The monoisotopic (exact) mass is 644 g/mol. The molecule has 0 spiro atoms. The predicted octanol–water partition coefficient (Wildman–Crippen LogP) is -0.474. The summed E-state index contributed by atoms with van der Waals surface area (Å²) in [6.45, 7) is -0.233. The molecule has 4 amide bonds. The lowest BCUT2D eigenvalue weighted by Gasteiger charge is -2.28. The number of imidazole rings is 1. The van der Waals surface area contributed by atoms with E-state index in [1.54, 1.807) is 18.2 Å². The van der Waals surface area contributed by atoms with Crippen LogP contribution in [0.1, 0.15) is 18.5 Å². The lowest BCUT2D eigenvalue weighted by atomic mass is 10.1. The molecular formula is C28H36N8O6S2. The van der Waals surface area contributed by atoms with Crippen molar-refractivity contribution in [2.24, 2.45) is 5.73 Å². The van der Waals surface area contributed by atoms with Gasteiger partial charge in [0.15, 0.2) is 0 Å². The summed E-state index contributed by atoms with van der Waals surface area (Å²) in [5.74, 6) is -2.60. The summed E-state index contributed by atoms with van der Waals surface area (Å²) in [4.78, 5) is 60.7. The van der Waals surface area contributed by atoms with Gasteiger partial charge in [0.05, 0.1) is 17.8 Å². The van der Waals surface area contributed by atoms with E-state index in [-0.39, 0.29) is 23.6 Å². The van der Waals surface area contributed by atoms with Gasteiger partial charge in [0.1, 0.15) is 18.1 Å². The van der Waals surface area contributed by atoms with E-state index >= 15 is 0 Å². The molecule has 16 heteroatoms. The number of likely N-dealkylation sites (tertiary alicyclic amines) is 1. The van der Waals surface area contributed by atoms with Gasteiger partial charge in [-0.3, -0.25) is 19.2 Å². The molecule has 236 valence electrons.